The summed E-state index contributed by atoms with van der Waals surface area (Å²) in [7, 11) is 2.28. The molecule has 0 aromatic rings. The first-order chi connectivity index (χ1) is 8.58. The van der Waals surface area contributed by atoms with Crippen molar-refractivity contribution in [2.45, 2.75) is 57.7 Å². The van der Waals surface area contributed by atoms with Gasteiger partial charge in [-0.25, -0.2) is 0 Å². The number of hydrogen-bond acceptors (Lipinski definition) is 3. The van der Waals surface area contributed by atoms with Crippen LogP contribution >= 0.6 is 0 Å². The molecule has 3 aliphatic rings. The Labute approximate surface area is 111 Å². The molecule has 0 aromatic carbocycles. The van der Waals surface area contributed by atoms with Crippen molar-refractivity contribution in [3.05, 3.63) is 0 Å². The average Bonchev–Trinajstić information content (AvgIpc) is 3.02. The number of hydrogen-bond donors (Lipinski definition) is 0. The van der Waals surface area contributed by atoms with E-state index in [-0.39, 0.29) is 0 Å². The fraction of sp³-hybridized carbons (Fsp3) is 1.00. The van der Waals surface area contributed by atoms with Crippen LogP contribution in [-0.4, -0.2) is 61.3 Å². The topological polar surface area (TPSA) is 15.7 Å². The number of nitrogens with zero attached hydrogens (tertiary/aromatic N) is 2. The van der Waals surface area contributed by atoms with Crippen molar-refractivity contribution in [2.24, 2.45) is 5.41 Å². The summed E-state index contributed by atoms with van der Waals surface area (Å²) < 4.78 is 5.89. The second-order valence-corrected chi connectivity index (χ2v) is 7.14. The molecule has 3 fully saturated rings. The molecule has 0 aromatic heterocycles. The molecule has 0 amide bonds. The van der Waals surface area contributed by atoms with Crippen molar-refractivity contribution in [2.75, 3.05) is 33.3 Å². The van der Waals surface area contributed by atoms with E-state index in [4.69, 9.17) is 4.74 Å². The highest BCUT2D eigenvalue weighted by molar-refractivity contribution is 5.02. The van der Waals surface area contributed by atoms with Gasteiger partial charge in [0.2, 0.25) is 0 Å². The zero-order valence-corrected chi connectivity index (χ0v) is 12.2. The predicted molar refractivity (Wildman–Crippen MR) is 73.8 cm³/mol. The molecular formula is C15H28N2O. The summed E-state index contributed by atoms with van der Waals surface area (Å²) in [5.41, 5.74) is 0.515. The van der Waals surface area contributed by atoms with Gasteiger partial charge < -0.3 is 9.64 Å². The van der Waals surface area contributed by atoms with Crippen LogP contribution in [0.4, 0.5) is 0 Å². The van der Waals surface area contributed by atoms with Crippen LogP contribution in [0.5, 0.6) is 0 Å². The molecule has 3 heteroatoms. The number of piperazine rings is 1. The van der Waals surface area contributed by atoms with Crippen LogP contribution in [0.15, 0.2) is 0 Å². The Hall–Kier alpha value is -0.120. The molecule has 2 bridgehead atoms. The van der Waals surface area contributed by atoms with Gasteiger partial charge in [0.15, 0.2) is 0 Å². The van der Waals surface area contributed by atoms with E-state index in [1.165, 1.54) is 45.3 Å². The second kappa shape index (κ2) is 4.77. The summed E-state index contributed by atoms with van der Waals surface area (Å²) in [6.45, 7) is 9.12. The van der Waals surface area contributed by atoms with Crippen molar-refractivity contribution in [1.82, 2.24) is 9.80 Å². The van der Waals surface area contributed by atoms with E-state index in [2.05, 4.69) is 30.7 Å². The van der Waals surface area contributed by atoms with Gasteiger partial charge >= 0.3 is 0 Å². The second-order valence-electron chi connectivity index (χ2n) is 7.14. The SMILES string of the molecule is CC(C)OCC1(CN2C3CCC2CN(C)C3)CC1. The normalized spacial score (nSPS) is 35.3. The van der Waals surface area contributed by atoms with Crippen molar-refractivity contribution in [3.63, 3.8) is 0 Å². The minimum Gasteiger partial charge on any atom is -0.378 e. The fourth-order valence-corrected chi connectivity index (χ4v) is 3.71. The van der Waals surface area contributed by atoms with Crippen LogP contribution in [0.1, 0.15) is 39.5 Å². The van der Waals surface area contributed by atoms with E-state index in [9.17, 15) is 0 Å². The Balaban J connectivity index is 1.57. The van der Waals surface area contributed by atoms with E-state index in [0.717, 1.165) is 18.7 Å². The van der Waals surface area contributed by atoms with Crippen molar-refractivity contribution >= 4 is 0 Å². The van der Waals surface area contributed by atoms with Crippen LogP contribution in [0.25, 0.3) is 0 Å². The smallest absolute Gasteiger partial charge is 0.0538 e. The van der Waals surface area contributed by atoms with Crippen LogP contribution in [0.2, 0.25) is 0 Å². The highest BCUT2D eigenvalue weighted by atomic mass is 16.5. The van der Waals surface area contributed by atoms with Crippen molar-refractivity contribution in [1.29, 1.82) is 0 Å². The lowest BCUT2D eigenvalue weighted by atomic mass is 10.0. The fourth-order valence-electron chi connectivity index (χ4n) is 3.71. The lowest BCUT2D eigenvalue weighted by Crippen LogP contribution is -2.54. The number of rotatable bonds is 5. The molecule has 3 nitrogen and oxygen atoms in total. The zero-order valence-electron chi connectivity index (χ0n) is 12.2. The molecular weight excluding hydrogens is 224 g/mol. The molecule has 0 spiro atoms. The molecule has 104 valence electrons. The molecule has 1 aliphatic carbocycles. The minimum atomic E-state index is 0.381. The van der Waals surface area contributed by atoms with Gasteiger partial charge in [-0.05, 0) is 46.6 Å². The lowest BCUT2D eigenvalue weighted by Gasteiger charge is -2.41. The first-order valence-corrected chi connectivity index (χ1v) is 7.64. The molecule has 0 N–H and O–H groups in total. The summed E-state index contributed by atoms with van der Waals surface area (Å²) in [6.07, 6.45) is 5.97. The monoisotopic (exact) mass is 252 g/mol. The third kappa shape index (κ3) is 2.59. The number of likely N-dealkylation sites (N-methyl/N-ethyl adjacent to an activating group) is 1. The first kappa shape index (κ1) is 12.9. The standard InChI is InChI=1S/C15H28N2O/c1-12(2)18-11-15(6-7-15)10-17-13-4-5-14(17)9-16(3)8-13/h12-14H,4-11H2,1-3H3. The number of ether oxygens (including phenoxy) is 1. The maximum absolute atomic E-state index is 5.89. The van der Waals surface area contributed by atoms with Crippen LogP contribution in [0.3, 0.4) is 0 Å². The Kier molecular flexibility index (Phi) is 3.41. The van der Waals surface area contributed by atoms with Gasteiger partial charge in [-0.3, -0.25) is 4.90 Å². The van der Waals surface area contributed by atoms with E-state index < -0.39 is 0 Å². The van der Waals surface area contributed by atoms with E-state index in [1.807, 2.05) is 0 Å². The molecule has 2 atom stereocenters. The number of fused-ring (bicyclic) bond motifs is 2. The van der Waals surface area contributed by atoms with Gasteiger partial charge in [0.1, 0.15) is 0 Å². The highest BCUT2D eigenvalue weighted by Gasteiger charge is 2.49. The summed E-state index contributed by atoms with van der Waals surface area (Å²) in [5, 5.41) is 0. The molecule has 2 heterocycles. The molecule has 2 unspecified atom stereocenters. The van der Waals surface area contributed by atoms with E-state index >= 15 is 0 Å². The van der Waals surface area contributed by atoms with Gasteiger partial charge in [-0.2, -0.15) is 0 Å². The molecule has 18 heavy (non-hydrogen) atoms. The maximum Gasteiger partial charge on any atom is 0.0538 e. The van der Waals surface area contributed by atoms with Gasteiger partial charge in [0, 0.05) is 37.1 Å². The van der Waals surface area contributed by atoms with Crippen LogP contribution in [-0.2, 0) is 4.74 Å². The van der Waals surface area contributed by atoms with Gasteiger partial charge in [0.25, 0.3) is 0 Å². The van der Waals surface area contributed by atoms with Gasteiger partial charge in [-0.1, -0.05) is 0 Å². The highest BCUT2D eigenvalue weighted by Crippen LogP contribution is 2.48. The molecule has 3 rings (SSSR count). The Morgan fingerprint density at radius 1 is 1.17 bits per heavy atom. The lowest BCUT2D eigenvalue weighted by molar-refractivity contribution is 0.00826. The summed E-state index contributed by atoms with van der Waals surface area (Å²) >= 11 is 0. The molecule has 1 saturated carbocycles. The summed E-state index contributed by atoms with van der Waals surface area (Å²) in [6, 6.07) is 1.65. The third-order valence-electron chi connectivity index (χ3n) is 5.01. The van der Waals surface area contributed by atoms with Crippen molar-refractivity contribution in [3.8, 4) is 0 Å². The van der Waals surface area contributed by atoms with Crippen LogP contribution in [0, 0.1) is 5.41 Å². The molecule has 0 radical (unpaired) electrons. The minimum absolute atomic E-state index is 0.381. The zero-order chi connectivity index (χ0) is 12.8. The Bertz CT molecular complexity index is 287. The average molecular weight is 252 g/mol. The number of likely N-dealkylation sites (tertiary alicyclic amines) is 1. The summed E-state index contributed by atoms with van der Waals surface area (Å²) in [4.78, 5) is 5.33. The predicted octanol–water partition coefficient (Wildman–Crippen LogP) is 1.97. The van der Waals surface area contributed by atoms with E-state index in [0.29, 0.717) is 11.5 Å². The van der Waals surface area contributed by atoms with E-state index in [1.54, 1.807) is 0 Å². The Morgan fingerprint density at radius 2 is 1.78 bits per heavy atom. The van der Waals surface area contributed by atoms with Gasteiger partial charge in [-0.15, -0.1) is 0 Å². The third-order valence-corrected chi connectivity index (χ3v) is 5.01. The van der Waals surface area contributed by atoms with Crippen LogP contribution < -0.4 is 0 Å². The van der Waals surface area contributed by atoms with Crippen molar-refractivity contribution < 1.29 is 4.74 Å². The summed E-state index contributed by atoms with van der Waals surface area (Å²) in [5.74, 6) is 0. The largest absolute Gasteiger partial charge is 0.378 e. The van der Waals surface area contributed by atoms with Gasteiger partial charge in [0.05, 0.1) is 12.7 Å². The molecule has 2 saturated heterocycles. The first-order valence-electron chi connectivity index (χ1n) is 7.64. The molecule has 2 aliphatic heterocycles. The Morgan fingerprint density at radius 3 is 2.28 bits per heavy atom. The quantitative estimate of drug-likeness (QED) is 0.744. The maximum atomic E-state index is 5.89.